The zero-order chi connectivity index (χ0) is 16.1. The van der Waals surface area contributed by atoms with Crippen molar-refractivity contribution in [3.63, 3.8) is 0 Å². The standard InChI is InChI=1S/C15H18FNO4S/c1-10-4-2-6-12(16)13(10)22(20,21)17-8-11-5-3-7-15(11,9-17)14(18)19/h2,4,6,11H,3,5,7-9H2,1H3,(H,18,19)/t11-,15+/m0/s1. The predicted molar refractivity (Wildman–Crippen MR) is 77.3 cm³/mol. The van der Waals surface area contributed by atoms with Crippen LogP contribution in [0.25, 0.3) is 0 Å². The molecule has 3 rings (SSSR count). The van der Waals surface area contributed by atoms with Gasteiger partial charge in [0.2, 0.25) is 10.0 Å². The van der Waals surface area contributed by atoms with Gasteiger partial charge in [-0.1, -0.05) is 18.6 Å². The normalized spacial score (nSPS) is 28.7. The number of benzene rings is 1. The minimum atomic E-state index is -4.02. The number of nitrogens with zero attached hydrogens (tertiary/aromatic N) is 1. The van der Waals surface area contributed by atoms with E-state index in [2.05, 4.69) is 0 Å². The van der Waals surface area contributed by atoms with Crippen LogP contribution >= 0.6 is 0 Å². The molecule has 1 aliphatic carbocycles. The average Bonchev–Trinajstić information content (AvgIpc) is 2.95. The Morgan fingerprint density at radius 3 is 2.77 bits per heavy atom. The van der Waals surface area contributed by atoms with Gasteiger partial charge in [-0.15, -0.1) is 0 Å². The summed E-state index contributed by atoms with van der Waals surface area (Å²) in [5, 5.41) is 9.54. The van der Waals surface area contributed by atoms with Crippen LogP contribution in [-0.2, 0) is 14.8 Å². The molecule has 1 aromatic carbocycles. The van der Waals surface area contributed by atoms with Crippen molar-refractivity contribution in [3.05, 3.63) is 29.6 Å². The summed E-state index contributed by atoms with van der Waals surface area (Å²) < 4.78 is 40.7. The maximum Gasteiger partial charge on any atom is 0.311 e. The first-order chi connectivity index (χ1) is 10.3. The zero-order valence-electron chi connectivity index (χ0n) is 12.3. The fourth-order valence-corrected chi connectivity index (χ4v) is 5.67. The molecule has 120 valence electrons. The van der Waals surface area contributed by atoms with Crippen molar-refractivity contribution in [2.45, 2.75) is 31.1 Å². The molecular formula is C15H18FNO4S. The first-order valence-electron chi connectivity index (χ1n) is 7.28. The fraction of sp³-hybridized carbons (Fsp3) is 0.533. The van der Waals surface area contributed by atoms with E-state index in [1.54, 1.807) is 13.0 Å². The van der Waals surface area contributed by atoms with Crippen molar-refractivity contribution in [1.29, 1.82) is 0 Å². The number of carboxylic acids is 1. The SMILES string of the molecule is Cc1cccc(F)c1S(=O)(=O)N1C[C@@H]2CCC[C@@]2(C(=O)O)C1. The molecule has 2 atom stereocenters. The Bertz CT molecular complexity index is 713. The molecule has 1 aromatic rings. The van der Waals surface area contributed by atoms with Gasteiger partial charge in [0.25, 0.3) is 0 Å². The number of carboxylic acid groups (broad SMARTS) is 1. The van der Waals surface area contributed by atoms with E-state index in [1.165, 1.54) is 6.07 Å². The van der Waals surface area contributed by atoms with E-state index in [0.29, 0.717) is 18.4 Å². The lowest BCUT2D eigenvalue weighted by molar-refractivity contribution is -0.149. The molecule has 7 heteroatoms. The van der Waals surface area contributed by atoms with Crippen LogP contribution in [0.4, 0.5) is 4.39 Å². The van der Waals surface area contributed by atoms with Crippen LogP contribution in [0, 0.1) is 24.1 Å². The van der Waals surface area contributed by atoms with Gasteiger partial charge in [-0.3, -0.25) is 4.79 Å². The molecule has 2 fully saturated rings. The van der Waals surface area contributed by atoms with Crippen molar-refractivity contribution < 1.29 is 22.7 Å². The minimum absolute atomic E-state index is 0.0664. The van der Waals surface area contributed by atoms with Gasteiger partial charge in [0.05, 0.1) is 5.41 Å². The van der Waals surface area contributed by atoms with E-state index in [-0.39, 0.29) is 23.9 Å². The summed E-state index contributed by atoms with van der Waals surface area (Å²) in [4.78, 5) is 11.3. The molecule has 1 saturated carbocycles. The topological polar surface area (TPSA) is 74.7 Å². The molecule has 0 spiro atoms. The van der Waals surface area contributed by atoms with Crippen LogP contribution in [0.1, 0.15) is 24.8 Å². The lowest BCUT2D eigenvalue weighted by Crippen LogP contribution is -2.37. The molecule has 0 aromatic heterocycles. The van der Waals surface area contributed by atoms with Crippen molar-refractivity contribution in [3.8, 4) is 0 Å². The Hall–Kier alpha value is -1.47. The first-order valence-corrected chi connectivity index (χ1v) is 8.72. The maximum absolute atomic E-state index is 14.0. The molecule has 0 amide bonds. The number of aryl methyl sites for hydroxylation is 1. The molecule has 1 N–H and O–H groups in total. The van der Waals surface area contributed by atoms with E-state index >= 15 is 0 Å². The first kappa shape index (κ1) is 15.4. The second-order valence-electron chi connectivity index (χ2n) is 6.23. The van der Waals surface area contributed by atoms with E-state index in [1.807, 2.05) is 0 Å². The monoisotopic (exact) mass is 327 g/mol. The Labute approximate surface area is 128 Å². The smallest absolute Gasteiger partial charge is 0.311 e. The summed E-state index contributed by atoms with van der Waals surface area (Å²) in [6, 6.07) is 4.12. The zero-order valence-corrected chi connectivity index (χ0v) is 13.1. The Kier molecular flexibility index (Phi) is 3.52. The highest BCUT2D eigenvalue weighted by Gasteiger charge is 2.57. The average molecular weight is 327 g/mol. The molecule has 1 heterocycles. The number of hydrogen-bond acceptors (Lipinski definition) is 3. The van der Waals surface area contributed by atoms with Crippen LogP contribution in [0.3, 0.4) is 0 Å². The highest BCUT2D eigenvalue weighted by atomic mass is 32.2. The second kappa shape index (κ2) is 5.03. The number of sulfonamides is 1. The third-order valence-corrected chi connectivity index (χ3v) is 7.02. The van der Waals surface area contributed by atoms with Crippen molar-refractivity contribution in [2.75, 3.05) is 13.1 Å². The van der Waals surface area contributed by atoms with Gasteiger partial charge in [-0.05, 0) is 37.3 Å². The van der Waals surface area contributed by atoms with Gasteiger partial charge in [0, 0.05) is 13.1 Å². The number of hydrogen-bond donors (Lipinski definition) is 1. The van der Waals surface area contributed by atoms with Crippen LogP contribution in [0.2, 0.25) is 0 Å². The maximum atomic E-state index is 14.0. The lowest BCUT2D eigenvalue weighted by Gasteiger charge is -2.23. The van der Waals surface area contributed by atoms with E-state index in [4.69, 9.17) is 0 Å². The van der Waals surface area contributed by atoms with Crippen LogP contribution in [-0.4, -0.2) is 36.9 Å². The number of rotatable bonds is 3. The largest absolute Gasteiger partial charge is 0.481 e. The Morgan fingerprint density at radius 2 is 2.18 bits per heavy atom. The molecule has 1 aliphatic heterocycles. The summed E-state index contributed by atoms with van der Waals surface area (Å²) in [6.45, 7) is 1.63. The highest BCUT2D eigenvalue weighted by molar-refractivity contribution is 7.89. The van der Waals surface area contributed by atoms with Crippen LogP contribution in [0.15, 0.2) is 23.1 Å². The van der Waals surface area contributed by atoms with E-state index < -0.39 is 27.2 Å². The van der Waals surface area contributed by atoms with Gasteiger partial charge in [-0.2, -0.15) is 4.31 Å². The van der Waals surface area contributed by atoms with E-state index in [0.717, 1.165) is 16.8 Å². The molecule has 22 heavy (non-hydrogen) atoms. The highest BCUT2D eigenvalue weighted by Crippen LogP contribution is 2.50. The predicted octanol–water partition coefficient (Wildman–Crippen LogP) is 2.01. The van der Waals surface area contributed by atoms with Gasteiger partial charge in [0.15, 0.2) is 0 Å². The summed E-state index contributed by atoms with van der Waals surface area (Å²) in [6.07, 6.45) is 1.98. The van der Waals surface area contributed by atoms with E-state index in [9.17, 15) is 22.7 Å². The third kappa shape index (κ3) is 2.06. The Balaban J connectivity index is 2.01. The summed E-state index contributed by atoms with van der Waals surface area (Å²) >= 11 is 0. The van der Waals surface area contributed by atoms with Crippen molar-refractivity contribution >= 4 is 16.0 Å². The molecule has 2 aliphatic rings. The van der Waals surface area contributed by atoms with Gasteiger partial charge in [0.1, 0.15) is 10.7 Å². The molecule has 5 nitrogen and oxygen atoms in total. The molecule has 0 radical (unpaired) electrons. The minimum Gasteiger partial charge on any atom is -0.481 e. The third-order valence-electron chi connectivity index (χ3n) is 5.03. The van der Waals surface area contributed by atoms with Gasteiger partial charge >= 0.3 is 5.97 Å². The molecule has 1 saturated heterocycles. The van der Waals surface area contributed by atoms with Gasteiger partial charge in [-0.25, -0.2) is 12.8 Å². The number of carbonyl (C=O) groups is 1. The molecule has 0 unspecified atom stereocenters. The number of halogens is 1. The molecule has 0 bridgehead atoms. The van der Waals surface area contributed by atoms with Crippen LogP contribution in [0.5, 0.6) is 0 Å². The van der Waals surface area contributed by atoms with Gasteiger partial charge < -0.3 is 5.11 Å². The summed E-state index contributed by atoms with van der Waals surface area (Å²) in [5.74, 6) is -1.92. The number of aliphatic carboxylic acids is 1. The number of fused-ring (bicyclic) bond motifs is 1. The quantitative estimate of drug-likeness (QED) is 0.921. The fourth-order valence-electron chi connectivity index (χ4n) is 3.85. The molecular weight excluding hydrogens is 309 g/mol. The van der Waals surface area contributed by atoms with Crippen LogP contribution < -0.4 is 0 Å². The lowest BCUT2D eigenvalue weighted by atomic mass is 9.81. The Morgan fingerprint density at radius 1 is 1.45 bits per heavy atom. The van der Waals surface area contributed by atoms with Crippen molar-refractivity contribution in [1.82, 2.24) is 4.31 Å². The second-order valence-corrected chi connectivity index (χ2v) is 8.11. The van der Waals surface area contributed by atoms with Crippen molar-refractivity contribution in [2.24, 2.45) is 11.3 Å². The summed E-state index contributed by atoms with van der Waals surface area (Å²) in [7, 11) is -4.02. The summed E-state index contributed by atoms with van der Waals surface area (Å²) in [5.41, 5.74) is -0.673.